The molecule has 1 aromatic rings. The van der Waals surface area contributed by atoms with Crippen LogP contribution in [0.15, 0.2) is 6.20 Å². The first-order valence-electron chi connectivity index (χ1n) is 5.18. The van der Waals surface area contributed by atoms with E-state index >= 15 is 0 Å². The van der Waals surface area contributed by atoms with Crippen LogP contribution in [0, 0.1) is 0 Å². The van der Waals surface area contributed by atoms with Gasteiger partial charge >= 0.3 is 5.97 Å². The van der Waals surface area contributed by atoms with Gasteiger partial charge in [-0.1, -0.05) is 5.21 Å². The molecule has 0 fully saturated rings. The number of carboxylic acid groups (broad SMARTS) is 1. The molecule has 0 aliphatic carbocycles. The molecule has 0 spiro atoms. The van der Waals surface area contributed by atoms with Crippen LogP contribution < -0.4 is 5.32 Å². The Labute approximate surface area is 98.8 Å². The molecule has 0 aliphatic heterocycles. The Morgan fingerprint density at radius 3 is 2.47 bits per heavy atom. The van der Waals surface area contributed by atoms with E-state index in [0.717, 1.165) is 0 Å². The van der Waals surface area contributed by atoms with Gasteiger partial charge in [-0.15, -0.1) is 5.10 Å². The van der Waals surface area contributed by atoms with Gasteiger partial charge in [0, 0.05) is 5.54 Å². The van der Waals surface area contributed by atoms with Gasteiger partial charge in [-0.25, -0.2) is 9.48 Å². The molecule has 0 aromatic carbocycles. The van der Waals surface area contributed by atoms with Crippen molar-refractivity contribution in [3.05, 3.63) is 11.9 Å². The van der Waals surface area contributed by atoms with Crippen molar-refractivity contribution in [3.8, 4) is 0 Å². The first-order chi connectivity index (χ1) is 7.70. The van der Waals surface area contributed by atoms with E-state index in [1.54, 1.807) is 6.92 Å². The summed E-state index contributed by atoms with van der Waals surface area (Å²) in [7, 11) is 0. The number of amides is 1. The molecular formula is C10H16N4O3. The Bertz CT molecular complexity index is 433. The van der Waals surface area contributed by atoms with Gasteiger partial charge in [-0.3, -0.25) is 4.79 Å². The minimum Gasteiger partial charge on any atom is -0.476 e. The minimum atomic E-state index is -1.17. The van der Waals surface area contributed by atoms with Crippen LogP contribution in [0.2, 0.25) is 0 Å². The van der Waals surface area contributed by atoms with Crippen molar-refractivity contribution in [2.45, 2.75) is 39.3 Å². The van der Waals surface area contributed by atoms with Gasteiger partial charge in [0.05, 0.1) is 6.20 Å². The molecule has 0 radical (unpaired) electrons. The lowest BCUT2D eigenvalue weighted by Gasteiger charge is -2.23. The van der Waals surface area contributed by atoms with Crippen molar-refractivity contribution in [2.24, 2.45) is 0 Å². The maximum Gasteiger partial charge on any atom is 0.358 e. The highest BCUT2D eigenvalue weighted by atomic mass is 16.4. The lowest BCUT2D eigenvalue weighted by Crippen LogP contribution is -2.43. The summed E-state index contributed by atoms with van der Waals surface area (Å²) in [5, 5.41) is 18.5. The van der Waals surface area contributed by atoms with E-state index in [1.165, 1.54) is 10.9 Å². The van der Waals surface area contributed by atoms with Crippen molar-refractivity contribution in [2.75, 3.05) is 0 Å². The zero-order valence-corrected chi connectivity index (χ0v) is 10.3. The Kier molecular flexibility index (Phi) is 3.50. The quantitative estimate of drug-likeness (QED) is 0.799. The second kappa shape index (κ2) is 4.52. The van der Waals surface area contributed by atoms with Crippen LogP contribution >= 0.6 is 0 Å². The topological polar surface area (TPSA) is 97.1 Å². The number of aromatic nitrogens is 3. The van der Waals surface area contributed by atoms with E-state index in [1.807, 2.05) is 20.8 Å². The summed E-state index contributed by atoms with van der Waals surface area (Å²) in [6.07, 6.45) is 1.23. The first-order valence-corrected chi connectivity index (χ1v) is 5.18. The van der Waals surface area contributed by atoms with Crippen LogP contribution in [0.4, 0.5) is 0 Å². The molecule has 1 atom stereocenters. The molecule has 94 valence electrons. The highest BCUT2D eigenvalue weighted by molar-refractivity contribution is 5.85. The first kappa shape index (κ1) is 13.1. The van der Waals surface area contributed by atoms with Crippen LogP contribution in [0.1, 0.15) is 44.2 Å². The van der Waals surface area contributed by atoms with Gasteiger partial charge in [0.15, 0.2) is 5.69 Å². The second-order valence-electron chi connectivity index (χ2n) is 4.80. The molecule has 17 heavy (non-hydrogen) atoms. The summed E-state index contributed by atoms with van der Waals surface area (Å²) in [6.45, 7) is 7.21. The molecule has 2 N–H and O–H groups in total. The Balaban J connectivity index is 2.78. The number of aromatic carboxylic acids is 1. The van der Waals surface area contributed by atoms with Gasteiger partial charge in [-0.05, 0) is 27.7 Å². The predicted molar refractivity (Wildman–Crippen MR) is 59.6 cm³/mol. The minimum absolute atomic E-state index is 0.180. The smallest absolute Gasteiger partial charge is 0.358 e. The fraction of sp³-hybridized carbons (Fsp3) is 0.600. The zero-order valence-electron chi connectivity index (χ0n) is 10.3. The van der Waals surface area contributed by atoms with E-state index in [4.69, 9.17) is 5.11 Å². The third kappa shape index (κ3) is 3.54. The SMILES string of the molecule is CC(C(=O)NC(C)(C)C)n1cc(C(=O)O)nn1. The van der Waals surface area contributed by atoms with Gasteiger partial charge in [0.1, 0.15) is 6.04 Å². The number of hydrogen-bond donors (Lipinski definition) is 2. The van der Waals surface area contributed by atoms with Gasteiger partial charge < -0.3 is 10.4 Å². The molecule has 1 unspecified atom stereocenters. The molecule has 0 bridgehead atoms. The lowest BCUT2D eigenvalue weighted by atomic mass is 10.1. The number of hydrogen-bond acceptors (Lipinski definition) is 4. The van der Waals surface area contributed by atoms with Crippen LogP contribution in [0.25, 0.3) is 0 Å². The summed E-state index contributed by atoms with van der Waals surface area (Å²) in [6, 6.07) is -0.602. The average Bonchev–Trinajstić information content (AvgIpc) is 2.62. The number of carboxylic acids is 1. The zero-order chi connectivity index (χ0) is 13.2. The number of carbonyl (C=O) groups excluding carboxylic acids is 1. The summed E-state index contributed by atoms with van der Waals surface area (Å²) in [5.41, 5.74) is -0.526. The van der Waals surface area contributed by atoms with Crippen molar-refractivity contribution >= 4 is 11.9 Å². The van der Waals surface area contributed by atoms with E-state index in [0.29, 0.717) is 0 Å². The Hall–Kier alpha value is -1.92. The number of rotatable bonds is 3. The molecule has 7 nitrogen and oxygen atoms in total. The summed E-state index contributed by atoms with van der Waals surface area (Å²) >= 11 is 0. The molecule has 1 heterocycles. The Morgan fingerprint density at radius 2 is 2.06 bits per heavy atom. The summed E-state index contributed by atoms with van der Waals surface area (Å²) in [5.74, 6) is -1.40. The van der Waals surface area contributed by atoms with Crippen LogP contribution in [-0.4, -0.2) is 37.5 Å². The van der Waals surface area contributed by atoms with Crippen molar-refractivity contribution in [3.63, 3.8) is 0 Å². The van der Waals surface area contributed by atoms with E-state index in [-0.39, 0.29) is 17.1 Å². The van der Waals surface area contributed by atoms with E-state index in [9.17, 15) is 9.59 Å². The molecule has 1 amide bonds. The molecule has 0 saturated heterocycles. The second-order valence-corrected chi connectivity index (χ2v) is 4.80. The highest BCUT2D eigenvalue weighted by Gasteiger charge is 2.22. The third-order valence-corrected chi connectivity index (χ3v) is 2.00. The van der Waals surface area contributed by atoms with Crippen LogP contribution in [0.5, 0.6) is 0 Å². The van der Waals surface area contributed by atoms with E-state index < -0.39 is 12.0 Å². The monoisotopic (exact) mass is 240 g/mol. The lowest BCUT2D eigenvalue weighted by molar-refractivity contribution is -0.125. The fourth-order valence-corrected chi connectivity index (χ4v) is 1.16. The summed E-state index contributed by atoms with van der Waals surface area (Å²) in [4.78, 5) is 22.4. The predicted octanol–water partition coefficient (Wildman–Crippen LogP) is 0.452. The summed E-state index contributed by atoms with van der Waals surface area (Å²) < 4.78 is 1.23. The van der Waals surface area contributed by atoms with Crippen molar-refractivity contribution in [1.29, 1.82) is 0 Å². The number of nitrogens with zero attached hydrogens (tertiary/aromatic N) is 3. The fourth-order valence-electron chi connectivity index (χ4n) is 1.16. The molecule has 0 saturated carbocycles. The molecule has 1 rings (SSSR count). The van der Waals surface area contributed by atoms with Crippen LogP contribution in [-0.2, 0) is 4.79 Å². The van der Waals surface area contributed by atoms with Gasteiger partial charge in [0.25, 0.3) is 0 Å². The van der Waals surface area contributed by atoms with Crippen LogP contribution in [0.3, 0.4) is 0 Å². The molecule has 1 aromatic heterocycles. The molecular weight excluding hydrogens is 224 g/mol. The number of carbonyl (C=O) groups is 2. The third-order valence-electron chi connectivity index (χ3n) is 2.00. The number of nitrogens with one attached hydrogen (secondary N) is 1. The molecule has 7 heteroatoms. The maximum atomic E-state index is 11.8. The standard InChI is InChI=1S/C10H16N4O3/c1-6(8(15)11-10(2,3)4)14-5-7(9(16)17)12-13-14/h5-6H,1-4H3,(H,11,15)(H,16,17). The van der Waals surface area contributed by atoms with Gasteiger partial charge in [-0.2, -0.15) is 0 Å². The average molecular weight is 240 g/mol. The molecule has 0 aliphatic rings. The van der Waals surface area contributed by atoms with Crippen molar-refractivity contribution in [1.82, 2.24) is 20.3 Å². The van der Waals surface area contributed by atoms with Crippen molar-refractivity contribution < 1.29 is 14.7 Å². The maximum absolute atomic E-state index is 11.8. The largest absolute Gasteiger partial charge is 0.476 e. The normalized spacial score (nSPS) is 13.2. The van der Waals surface area contributed by atoms with Gasteiger partial charge in [0.2, 0.25) is 5.91 Å². The Morgan fingerprint density at radius 1 is 1.47 bits per heavy atom. The van der Waals surface area contributed by atoms with E-state index in [2.05, 4.69) is 15.6 Å². The highest BCUT2D eigenvalue weighted by Crippen LogP contribution is 2.08.